The number of para-hydroxylation sites is 2. The van der Waals surface area contributed by atoms with Gasteiger partial charge in [-0.1, -0.05) is 12.1 Å². The van der Waals surface area contributed by atoms with Crippen LogP contribution in [0.4, 0.5) is 10.5 Å². The zero-order valence-corrected chi connectivity index (χ0v) is 13.6. The molecule has 0 bridgehead atoms. The zero-order chi connectivity index (χ0) is 17.6. The second-order valence-corrected chi connectivity index (χ2v) is 5.27. The Morgan fingerprint density at radius 2 is 1.88 bits per heavy atom. The van der Waals surface area contributed by atoms with Crippen molar-refractivity contribution in [1.29, 1.82) is 0 Å². The summed E-state index contributed by atoms with van der Waals surface area (Å²) in [6, 6.07) is 14.3. The molecule has 2 aromatic carbocycles. The van der Waals surface area contributed by atoms with Crippen molar-refractivity contribution in [3.05, 3.63) is 48.5 Å². The summed E-state index contributed by atoms with van der Waals surface area (Å²) in [7, 11) is 1.31. The Morgan fingerprint density at radius 3 is 2.60 bits per heavy atom. The van der Waals surface area contributed by atoms with Crippen LogP contribution >= 0.6 is 0 Å². The van der Waals surface area contributed by atoms with E-state index < -0.39 is 6.03 Å². The lowest BCUT2D eigenvalue weighted by molar-refractivity contribution is -0.140. The second kappa shape index (κ2) is 7.48. The number of fused-ring (bicyclic) bond motifs is 1. The number of aromatic nitrogens is 1. The van der Waals surface area contributed by atoms with Gasteiger partial charge in [0.25, 0.3) is 0 Å². The number of hydrogen-bond donors (Lipinski definition) is 2. The van der Waals surface area contributed by atoms with Gasteiger partial charge in [0.15, 0.2) is 5.58 Å². The van der Waals surface area contributed by atoms with Gasteiger partial charge in [-0.2, -0.15) is 0 Å². The first kappa shape index (κ1) is 16.5. The number of urea groups is 1. The van der Waals surface area contributed by atoms with Crippen LogP contribution in [0.25, 0.3) is 22.6 Å². The molecule has 2 N–H and O–H groups in total. The number of carbonyl (C=O) groups excluding carboxylic acids is 2. The highest BCUT2D eigenvalue weighted by Crippen LogP contribution is 2.25. The van der Waals surface area contributed by atoms with E-state index in [0.717, 1.165) is 16.7 Å². The fourth-order valence-corrected chi connectivity index (χ4v) is 2.25. The van der Waals surface area contributed by atoms with E-state index in [1.165, 1.54) is 7.11 Å². The maximum atomic E-state index is 11.7. The highest BCUT2D eigenvalue weighted by molar-refractivity contribution is 5.89. The number of oxazole rings is 1. The number of rotatable bonds is 5. The molecular weight excluding hydrogens is 322 g/mol. The molecule has 0 aliphatic carbocycles. The van der Waals surface area contributed by atoms with Crippen LogP contribution < -0.4 is 10.6 Å². The number of esters is 1. The maximum Gasteiger partial charge on any atom is 0.319 e. The monoisotopic (exact) mass is 339 g/mol. The standard InChI is InChI=1S/C18H17N3O4/c1-24-16(22)10-11-19-18(23)20-13-8-6-12(7-9-13)17-21-14-4-2-3-5-15(14)25-17/h2-9H,10-11H2,1H3,(H2,19,20,23). The minimum atomic E-state index is -0.390. The third kappa shape index (κ3) is 4.14. The Bertz CT molecular complexity index is 854. The predicted molar refractivity (Wildman–Crippen MR) is 93.1 cm³/mol. The molecule has 25 heavy (non-hydrogen) atoms. The van der Waals surface area contributed by atoms with Crippen molar-refractivity contribution in [1.82, 2.24) is 10.3 Å². The number of carbonyl (C=O) groups is 2. The molecule has 7 heteroatoms. The molecule has 0 aliphatic rings. The van der Waals surface area contributed by atoms with E-state index in [2.05, 4.69) is 20.4 Å². The van der Waals surface area contributed by atoms with E-state index in [0.29, 0.717) is 11.6 Å². The van der Waals surface area contributed by atoms with E-state index >= 15 is 0 Å². The maximum absolute atomic E-state index is 11.7. The van der Waals surface area contributed by atoms with Gasteiger partial charge in [0.2, 0.25) is 5.89 Å². The van der Waals surface area contributed by atoms with Crippen LogP contribution in [0.3, 0.4) is 0 Å². The van der Waals surface area contributed by atoms with E-state index in [1.54, 1.807) is 12.1 Å². The van der Waals surface area contributed by atoms with Crippen LogP contribution in [-0.4, -0.2) is 30.6 Å². The summed E-state index contributed by atoms with van der Waals surface area (Å²) in [5, 5.41) is 5.26. The average Bonchev–Trinajstić information content (AvgIpc) is 3.06. The van der Waals surface area contributed by atoms with Crippen LogP contribution in [0.5, 0.6) is 0 Å². The second-order valence-electron chi connectivity index (χ2n) is 5.27. The summed E-state index contributed by atoms with van der Waals surface area (Å²) < 4.78 is 10.2. The van der Waals surface area contributed by atoms with E-state index in [1.807, 2.05) is 36.4 Å². The fourth-order valence-electron chi connectivity index (χ4n) is 2.25. The minimum absolute atomic E-state index is 0.126. The molecule has 0 radical (unpaired) electrons. The Labute approximate surface area is 144 Å². The minimum Gasteiger partial charge on any atom is -0.469 e. The molecule has 2 amide bonds. The van der Waals surface area contributed by atoms with Crippen molar-refractivity contribution < 1.29 is 18.7 Å². The normalized spacial score (nSPS) is 10.4. The van der Waals surface area contributed by atoms with Crippen molar-refractivity contribution in [3.63, 3.8) is 0 Å². The average molecular weight is 339 g/mol. The molecular formula is C18H17N3O4. The third-order valence-corrected chi connectivity index (χ3v) is 3.53. The van der Waals surface area contributed by atoms with Gasteiger partial charge < -0.3 is 19.8 Å². The third-order valence-electron chi connectivity index (χ3n) is 3.53. The number of amides is 2. The molecule has 0 saturated heterocycles. The van der Waals surface area contributed by atoms with E-state index in [4.69, 9.17) is 4.42 Å². The summed E-state index contributed by atoms with van der Waals surface area (Å²) in [4.78, 5) is 27.2. The molecule has 0 saturated carbocycles. The summed E-state index contributed by atoms with van der Waals surface area (Å²) >= 11 is 0. The van der Waals surface area contributed by atoms with Crippen molar-refractivity contribution in [2.45, 2.75) is 6.42 Å². The highest BCUT2D eigenvalue weighted by Gasteiger charge is 2.08. The van der Waals surface area contributed by atoms with Gasteiger partial charge in [-0.3, -0.25) is 4.79 Å². The summed E-state index contributed by atoms with van der Waals surface area (Å²) in [6.07, 6.45) is 0.126. The zero-order valence-electron chi connectivity index (χ0n) is 13.6. The lowest BCUT2D eigenvalue weighted by Gasteiger charge is -2.07. The molecule has 0 atom stereocenters. The lowest BCUT2D eigenvalue weighted by atomic mass is 10.2. The molecule has 128 valence electrons. The quantitative estimate of drug-likeness (QED) is 0.696. The number of methoxy groups -OCH3 is 1. The van der Waals surface area contributed by atoms with Crippen LogP contribution in [-0.2, 0) is 9.53 Å². The van der Waals surface area contributed by atoms with Gasteiger partial charge in [0.1, 0.15) is 5.52 Å². The first-order valence-electron chi connectivity index (χ1n) is 7.73. The fraction of sp³-hybridized carbons (Fsp3) is 0.167. The highest BCUT2D eigenvalue weighted by atomic mass is 16.5. The van der Waals surface area contributed by atoms with Crippen LogP contribution in [0.15, 0.2) is 52.9 Å². The first-order chi connectivity index (χ1) is 12.2. The largest absolute Gasteiger partial charge is 0.469 e. The molecule has 3 aromatic rings. The van der Waals surface area contributed by atoms with Gasteiger partial charge in [-0.25, -0.2) is 9.78 Å². The smallest absolute Gasteiger partial charge is 0.319 e. The van der Waals surface area contributed by atoms with E-state index in [9.17, 15) is 9.59 Å². The predicted octanol–water partition coefficient (Wildman–Crippen LogP) is 3.18. The van der Waals surface area contributed by atoms with Gasteiger partial charge in [-0.15, -0.1) is 0 Å². The molecule has 0 spiro atoms. The van der Waals surface area contributed by atoms with Crippen molar-refractivity contribution in [2.24, 2.45) is 0 Å². The van der Waals surface area contributed by atoms with Gasteiger partial charge in [0, 0.05) is 17.8 Å². The topological polar surface area (TPSA) is 93.5 Å². The molecule has 0 aliphatic heterocycles. The Morgan fingerprint density at radius 1 is 1.12 bits per heavy atom. The summed E-state index contributed by atoms with van der Waals surface area (Å²) in [5.41, 5.74) is 2.96. The van der Waals surface area contributed by atoms with E-state index in [-0.39, 0.29) is 18.9 Å². The summed E-state index contributed by atoms with van der Waals surface area (Å²) in [6.45, 7) is 0.208. The number of nitrogens with one attached hydrogen (secondary N) is 2. The molecule has 3 rings (SSSR count). The molecule has 0 unspecified atom stereocenters. The Kier molecular flexibility index (Phi) is 4.94. The molecule has 1 heterocycles. The van der Waals surface area contributed by atoms with Crippen molar-refractivity contribution >= 4 is 28.8 Å². The number of hydrogen-bond acceptors (Lipinski definition) is 5. The van der Waals surface area contributed by atoms with Gasteiger partial charge in [0.05, 0.1) is 13.5 Å². The van der Waals surface area contributed by atoms with Crippen LogP contribution in [0, 0.1) is 0 Å². The molecule has 0 fully saturated rings. The van der Waals surface area contributed by atoms with Crippen LogP contribution in [0.1, 0.15) is 6.42 Å². The SMILES string of the molecule is COC(=O)CCNC(=O)Nc1ccc(-c2nc3ccccc3o2)cc1. The Balaban J connectivity index is 1.60. The van der Waals surface area contributed by atoms with Gasteiger partial charge >= 0.3 is 12.0 Å². The number of anilines is 1. The number of nitrogens with zero attached hydrogens (tertiary/aromatic N) is 1. The van der Waals surface area contributed by atoms with Crippen molar-refractivity contribution in [3.8, 4) is 11.5 Å². The lowest BCUT2D eigenvalue weighted by Crippen LogP contribution is -2.30. The molecule has 7 nitrogen and oxygen atoms in total. The first-order valence-corrected chi connectivity index (χ1v) is 7.73. The number of benzene rings is 2. The summed E-state index contributed by atoms with van der Waals surface area (Å²) in [5.74, 6) is 0.151. The van der Waals surface area contributed by atoms with Gasteiger partial charge in [-0.05, 0) is 36.4 Å². The molecule has 1 aromatic heterocycles. The van der Waals surface area contributed by atoms with Crippen LogP contribution in [0.2, 0.25) is 0 Å². The van der Waals surface area contributed by atoms with Crippen molar-refractivity contribution in [2.75, 3.05) is 19.0 Å². The Hall–Kier alpha value is -3.35. The number of ether oxygens (including phenoxy) is 1.